The minimum absolute atomic E-state index is 0.166. The van der Waals surface area contributed by atoms with Gasteiger partial charge >= 0.3 is 5.97 Å². The van der Waals surface area contributed by atoms with E-state index in [1.165, 1.54) is 30.2 Å². The van der Waals surface area contributed by atoms with E-state index in [2.05, 4.69) is 15.3 Å². The van der Waals surface area contributed by atoms with Gasteiger partial charge in [0.2, 0.25) is 0 Å². The van der Waals surface area contributed by atoms with Gasteiger partial charge < -0.3 is 19.8 Å². The number of nitrogens with zero attached hydrogens (tertiary/aromatic N) is 1. The molecule has 0 unspecified atom stereocenters. The lowest BCUT2D eigenvalue weighted by Gasteiger charge is -2.11. The second kappa shape index (κ2) is 9.86. The average Bonchev–Trinajstić information content (AvgIpc) is 2.92. The standard InChI is InChI=1S/C17H23N3O5S2/c1-9-10(2)27-16-14(9)15(22)19-12(20-16)8-26-11(3)17(23)25-7-13(21)18-5-6-24-4/h11H,5-8H2,1-4H3,(H,18,21)(H,19,20,22)/t11-/m1/s1. The lowest BCUT2D eigenvalue weighted by Crippen LogP contribution is -2.32. The molecule has 148 valence electrons. The lowest BCUT2D eigenvalue weighted by atomic mass is 10.2. The Labute approximate surface area is 165 Å². The summed E-state index contributed by atoms with van der Waals surface area (Å²) < 4.78 is 9.81. The Morgan fingerprint density at radius 2 is 2.11 bits per heavy atom. The molecule has 1 amide bonds. The number of aromatic nitrogens is 2. The molecule has 0 saturated heterocycles. The van der Waals surface area contributed by atoms with E-state index in [0.717, 1.165) is 10.4 Å². The van der Waals surface area contributed by atoms with Crippen molar-refractivity contribution < 1.29 is 19.1 Å². The van der Waals surface area contributed by atoms with Crippen LogP contribution < -0.4 is 10.9 Å². The number of fused-ring (bicyclic) bond motifs is 1. The third-order valence-electron chi connectivity index (χ3n) is 3.86. The number of thioether (sulfide) groups is 1. The first-order valence-electron chi connectivity index (χ1n) is 8.36. The predicted molar refractivity (Wildman–Crippen MR) is 106 cm³/mol. The van der Waals surface area contributed by atoms with E-state index >= 15 is 0 Å². The molecule has 1 atom stereocenters. The largest absolute Gasteiger partial charge is 0.455 e. The maximum atomic E-state index is 12.3. The maximum absolute atomic E-state index is 12.3. The van der Waals surface area contributed by atoms with Gasteiger partial charge in [0.15, 0.2) is 6.61 Å². The summed E-state index contributed by atoms with van der Waals surface area (Å²) in [7, 11) is 1.53. The van der Waals surface area contributed by atoms with Gasteiger partial charge in [-0.3, -0.25) is 14.4 Å². The number of hydrogen-bond donors (Lipinski definition) is 2. The zero-order chi connectivity index (χ0) is 20.0. The zero-order valence-electron chi connectivity index (χ0n) is 15.7. The second-order valence-electron chi connectivity index (χ2n) is 5.88. The number of ether oxygens (including phenoxy) is 2. The quantitative estimate of drug-likeness (QED) is 0.474. The third-order valence-corrected chi connectivity index (χ3v) is 6.10. The van der Waals surface area contributed by atoms with Gasteiger partial charge in [-0.15, -0.1) is 23.1 Å². The molecule has 2 N–H and O–H groups in total. The van der Waals surface area contributed by atoms with Crippen LogP contribution in [0, 0.1) is 13.8 Å². The van der Waals surface area contributed by atoms with Crippen LogP contribution in [0.25, 0.3) is 10.2 Å². The van der Waals surface area contributed by atoms with E-state index in [-0.39, 0.29) is 18.1 Å². The minimum Gasteiger partial charge on any atom is -0.455 e. The Kier molecular flexibility index (Phi) is 7.81. The molecule has 0 aromatic carbocycles. The molecule has 0 aliphatic heterocycles. The van der Waals surface area contributed by atoms with Crippen molar-refractivity contribution in [3.8, 4) is 0 Å². The highest BCUT2D eigenvalue weighted by Crippen LogP contribution is 2.26. The number of rotatable bonds is 9. The topological polar surface area (TPSA) is 110 Å². The summed E-state index contributed by atoms with van der Waals surface area (Å²) in [6, 6.07) is 0. The number of aryl methyl sites for hydroxylation is 2. The number of nitrogens with one attached hydrogen (secondary N) is 2. The first-order valence-corrected chi connectivity index (χ1v) is 10.2. The van der Waals surface area contributed by atoms with Gasteiger partial charge in [0.05, 0.1) is 17.7 Å². The van der Waals surface area contributed by atoms with Gasteiger partial charge in [0.1, 0.15) is 15.9 Å². The number of esters is 1. The Balaban J connectivity index is 1.87. The fraction of sp³-hybridized carbons (Fsp3) is 0.529. The predicted octanol–water partition coefficient (Wildman–Crippen LogP) is 1.53. The molecule has 10 heteroatoms. The number of hydrogen-bond acceptors (Lipinski definition) is 8. The number of carbonyl (C=O) groups excluding carboxylic acids is 2. The Morgan fingerprint density at radius 1 is 1.37 bits per heavy atom. The van der Waals surface area contributed by atoms with Crippen molar-refractivity contribution in [2.75, 3.05) is 26.9 Å². The Bertz CT molecular complexity index is 877. The SMILES string of the molecule is COCCNC(=O)COC(=O)[C@@H](C)SCc1nc2sc(C)c(C)c2c(=O)[nH]1. The van der Waals surface area contributed by atoms with Crippen molar-refractivity contribution >= 4 is 45.2 Å². The highest BCUT2D eigenvalue weighted by Gasteiger charge is 2.18. The van der Waals surface area contributed by atoms with Gasteiger partial charge in [0, 0.05) is 18.5 Å². The number of methoxy groups -OCH3 is 1. The molecular weight excluding hydrogens is 390 g/mol. The number of carbonyl (C=O) groups is 2. The summed E-state index contributed by atoms with van der Waals surface area (Å²) in [6.07, 6.45) is 0. The number of H-pyrrole nitrogens is 1. The summed E-state index contributed by atoms with van der Waals surface area (Å²) in [4.78, 5) is 44.8. The van der Waals surface area contributed by atoms with Gasteiger partial charge in [0.25, 0.3) is 11.5 Å². The lowest BCUT2D eigenvalue weighted by molar-refractivity contribution is -0.147. The number of amides is 1. The van der Waals surface area contributed by atoms with E-state index in [0.29, 0.717) is 34.9 Å². The van der Waals surface area contributed by atoms with Crippen LogP contribution in [0.4, 0.5) is 0 Å². The highest BCUT2D eigenvalue weighted by molar-refractivity contribution is 7.99. The molecule has 0 bridgehead atoms. The fourth-order valence-corrected chi connectivity index (χ4v) is 4.03. The summed E-state index contributed by atoms with van der Waals surface area (Å²) in [5, 5.41) is 2.70. The normalized spacial score (nSPS) is 12.1. The van der Waals surface area contributed by atoms with Crippen LogP contribution in [-0.4, -0.2) is 54.0 Å². The molecule has 8 nitrogen and oxygen atoms in total. The van der Waals surface area contributed by atoms with Crippen LogP contribution in [0.1, 0.15) is 23.2 Å². The van der Waals surface area contributed by atoms with Crippen molar-refractivity contribution in [2.45, 2.75) is 31.8 Å². The van der Waals surface area contributed by atoms with Crippen LogP contribution in [0.5, 0.6) is 0 Å². The molecule has 0 fully saturated rings. The Hall–Kier alpha value is -1.91. The summed E-state index contributed by atoms with van der Waals surface area (Å²) in [6.45, 7) is 5.97. The van der Waals surface area contributed by atoms with Gasteiger partial charge in [-0.1, -0.05) is 0 Å². The van der Waals surface area contributed by atoms with Crippen LogP contribution in [0.3, 0.4) is 0 Å². The molecule has 2 heterocycles. The van der Waals surface area contributed by atoms with Gasteiger partial charge in [-0.05, 0) is 26.3 Å². The van der Waals surface area contributed by atoms with Crippen molar-refractivity contribution in [1.82, 2.24) is 15.3 Å². The summed E-state index contributed by atoms with van der Waals surface area (Å²) in [5.74, 6) is -0.00128. The Morgan fingerprint density at radius 3 is 2.81 bits per heavy atom. The smallest absolute Gasteiger partial charge is 0.319 e. The molecule has 27 heavy (non-hydrogen) atoms. The molecule has 2 rings (SSSR count). The van der Waals surface area contributed by atoms with Gasteiger partial charge in [-0.25, -0.2) is 4.98 Å². The molecule has 0 aliphatic rings. The second-order valence-corrected chi connectivity index (χ2v) is 8.41. The van der Waals surface area contributed by atoms with Crippen molar-refractivity contribution in [3.05, 3.63) is 26.6 Å². The summed E-state index contributed by atoms with van der Waals surface area (Å²) >= 11 is 2.77. The molecular formula is C17H23N3O5S2. The van der Waals surface area contributed by atoms with E-state index in [1.807, 2.05) is 13.8 Å². The maximum Gasteiger partial charge on any atom is 0.319 e. The van der Waals surface area contributed by atoms with Crippen LogP contribution in [-0.2, 0) is 24.8 Å². The van der Waals surface area contributed by atoms with Gasteiger partial charge in [-0.2, -0.15) is 0 Å². The van der Waals surface area contributed by atoms with E-state index in [9.17, 15) is 14.4 Å². The van der Waals surface area contributed by atoms with Crippen LogP contribution in [0.2, 0.25) is 0 Å². The summed E-state index contributed by atoms with van der Waals surface area (Å²) in [5.41, 5.74) is 0.782. The zero-order valence-corrected chi connectivity index (χ0v) is 17.3. The average molecular weight is 414 g/mol. The van der Waals surface area contributed by atoms with Crippen molar-refractivity contribution in [3.63, 3.8) is 0 Å². The molecule has 0 aliphatic carbocycles. The first-order chi connectivity index (χ1) is 12.8. The fourth-order valence-electron chi connectivity index (χ4n) is 2.24. The monoisotopic (exact) mass is 413 g/mol. The van der Waals surface area contributed by atoms with Crippen molar-refractivity contribution in [1.29, 1.82) is 0 Å². The van der Waals surface area contributed by atoms with E-state index in [1.54, 1.807) is 6.92 Å². The van der Waals surface area contributed by atoms with E-state index < -0.39 is 11.2 Å². The molecule has 0 spiro atoms. The van der Waals surface area contributed by atoms with E-state index in [4.69, 9.17) is 9.47 Å². The number of aromatic amines is 1. The molecule has 2 aromatic heterocycles. The molecule has 0 radical (unpaired) electrons. The highest BCUT2D eigenvalue weighted by atomic mass is 32.2. The number of thiophene rings is 1. The van der Waals surface area contributed by atoms with Crippen molar-refractivity contribution in [2.24, 2.45) is 0 Å². The van der Waals surface area contributed by atoms with Crippen LogP contribution >= 0.6 is 23.1 Å². The van der Waals surface area contributed by atoms with Crippen LogP contribution in [0.15, 0.2) is 4.79 Å². The molecule has 0 saturated carbocycles. The first kappa shape index (κ1) is 21.4. The minimum atomic E-state index is -0.496. The molecule has 2 aromatic rings. The third kappa shape index (κ3) is 5.78.